The highest BCUT2D eigenvalue weighted by molar-refractivity contribution is 5.00. The molecule has 0 aromatic rings. The fourth-order valence-electron chi connectivity index (χ4n) is 1.27. The molecule has 0 aliphatic heterocycles. The van der Waals surface area contributed by atoms with Crippen LogP contribution in [0.15, 0.2) is 11.6 Å². The molecular formula is C11H22. The fourth-order valence-corrected chi connectivity index (χ4v) is 1.27. The molecule has 0 saturated carbocycles. The Morgan fingerprint density at radius 3 is 2.09 bits per heavy atom. The van der Waals surface area contributed by atoms with Crippen molar-refractivity contribution in [3.05, 3.63) is 11.6 Å². The van der Waals surface area contributed by atoms with Crippen LogP contribution >= 0.6 is 0 Å². The molecule has 0 amide bonds. The average Bonchev–Trinajstić information content (AvgIpc) is 1.99. The van der Waals surface area contributed by atoms with Gasteiger partial charge in [0, 0.05) is 0 Å². The molecule has 0 aromatic heterocycles. The summed E-state index contributed by atoms with van der Waals surface area (Å²) in [7, 11) is 0. The smallest absolute Gasteiger partial charge is 0.0210 e. The monoisotopic (exact) mass is 154 g/mol. The summed E-state index contributed by atoms with van der Waals surface area (Å²) in [6, 6.07) is 0. The van der Waals surface area contributed by atoms with E-state index in [1.54, 1.807) is 0 Å². The first kappa shape index (κ1) is 10.7. The largest absolute Gasteiger partial charge is 0.0823 e. The highest BCUT2D eigenvalue weighted by Crippen LogP contribution is 2.18. The maximum Gasteiger partial charge on any atom is -0.0210 e. The van der Waals surface area contributed by atoms with Gasteiger partial charge in [-0.25, -0.2) is 0 Å². The number of allylic oxidation sites excluding steroid dienone is 2. The summed E-state index contributed by atoms with van der Waals surface area (Å²) >= 11 is 0. The van der Waals surface area contributed by atoms with Crippen molar-refractivity contribution in [2.24, 2.45) is 11.8 Å². The minimum Gasteiger partial charge on any atom is -0.0823 e. The van der Waals surface area contributed by atoms with Crippen LogP contribution in [0.25, 0.3) is 0 Å². The third-order valence-corrected chi connectivity index (χ3v) is 2.38. The van der Waals surface area contributed by atoms with Gasteiger partial charge in [0.25, 0.3) is 0 Å². The Morgan fingerprint density at radius 2 is 1.82 bits per heavy atom. The maximum atomic E-state index is 2.44. The van der Waals surface area contributed by atoms with Crippen LogP contribution in [0.4, 0.5) is 0 Å². The van der Waals surface area contributed by atoms with Crippen molar-refractivity contribution in [3.8, 4) is 0 Å². The van der Waals surface area contributed by atoms with Gasteiger partial charge in [-0.1, -0.05) is 39.3 Å². The molecule has 0 fully saturated rings. The van der Waals surface area contributed by atoms with Crippen LogP contribution in [0.5, 0.6) is 0 Å². The molecule has 0 aliphatic carbocycles. The molecule has 0 saturated heterocycles. The lowest BCUT2D eigenvalue weighted by molar-refractivity contribution is 0.450. The Labute approximate surface area is 71.7 Å². The lowest BCUT2D eigenvalue weighted by Crippen LogP contribution is -2.04. The highest BCUT2D eigenvalue weighted by Gasteiger charge is 2.06. The molecule has 0 heterocycles. The summed E-state index contributed by atoms with van der Waals surface area (Å²) in [4.78, 5) is 0. The van der Waals surface area contributed by atoms with Crippen LogP contribution in [0.1, 0.15) is 47.5 Å². The zero-order chi connectivity index (χ0) is 8.85. The van der Waals surface area contributed by atoms with Gasteiger partial charge in [-0.05, 0) is 31.6 Å². The van der Waals surface area contributed by atoms with Crippen LogP contribution in [0, 0.1) is 11.8 Å². The van der Waals surface area contributed by atoms with E-state index >= 15 is 0 Å². The van der Waals surface area contributed by atoms with Crippen molar-refractivity contribution >= 4 is 0 Å². The minimum atomic E-state index is 0.787. The second-order valence-corrected chi connectivity index (χ2v) is 3.68. The molecular weight excluding hydrogens is 132 g/mol. The summed E-state index contributed by atoms with van der Waals surface area (Å²) in [5.74, 6) is 1.58. The zero-order valence-electron chi connectivity index (χ0n) is 8.65. The highest BCUT2D eigenvalue weighted by atomic mass is 14.1. The van der Waals surface area contributed by atoms with Gasteiger partial charge in [-0.2, -0.15) is 0 Å². The second-order valence-electron chi connectivity index (χ2n) is 3.68. The van der Waals surface area contributed by atoms with Crippen molar-refractivity contribution in [1.82, 2.24) is 0 Å². The topological polar surface area (TPSA) is 0 Å². The van der Waals surface area contributed by atoms with Gasteiger partial charge in [0.15, 0.2) is 0 Å². The van der Waals surface area contributed by atoms with Crippen molar-refractivity contribution < 1.29 is 0 Å². The van der Waals surface area contributed by atoms with Crippen LogP contribution in [-0.4, -0.2) is 0 Å². The molecule has 0 heteroatoms. The van der Waals surface area contributed by atoms with E-state index in [1.807, 2.05) is 0 Å². The van der Waals surface area contributed by atoms with Gasteiger partial charge >= 0.3 is 0 Å². The van der Waals surface area contributed by atoms with E-state index in [2.05, 4.69) is 40.7 Å². The quantitative estimate of drug-likeness (QED) is 0.536. The molecule has 66 valence electrons. The molecule has 0 bridgehead atoms. The molecule has 0 nitrogen and oxygen atoms in total. The van der Waals surface area contributed by atoms with E-state index in [9.17, 15) is 0 Å². The summed E-state index contributed by atoms with van der Waals surface area (Å²) in [6.07, 6.45) is 4.91. The van der Waals surface area contributed by atoms with Crippen LogP contribution in [0.2, 0.25) is 0 Å². The Morgan fingerprint density at radius 1 is 1.27 bits per heavy atom. The van der Waals surface area contributed by atoms with Gasteiger partial charge in [0.1, 0.15) is 0 Å². The third-order valence-electron chi connectivity index (χ3n) is 2.38. The SMILES string of the molecule is CC/C(C)=C/C(CC)C(C)C. The molecule has 0 aliphatic rings. The molecule has 1 unspecified atom stereocenters. The lowest BCUT2D eigenvalue weighted by atomic mass is 9.91. The Balaban J connectivity index is 4.06. The number of hydrogen-bond donors (Lipinski definition) is 0. The van der Waals surface area contributed by atoms with Crippen molar-refractivity contribution in [1.29, 1.82) is 0 Å². The normalized spacial score (nSPS) is 15.6. The predicted molar refractivity (Wildman–Crippen MR) is 52.7 cm³/mol. The van der Waals surface area contributed by atoms with Crippen LogP contribution in [-0.2, 0) is 0 Å². The van der Waals surface area contributed by atoms with Crippen LogP contribution < -0.4 is 0 Å². The van der Waals surface area contributed by atoms with E-state index in [0.29, 0.717) is 0 Å². The number of rotatable bonds is 4. The molecule has 0 spiro atoms. The Kier molecular flexibility index (Phi) is 5.27. The maximum absolute atomic E-state index is 2.44. The molecule has 0 aromatic carbocycles. The first-order valence-electron chi connectivity index (χ1n) is 4.79. The lowest BCUT2D eigenvalue weighted by Gasteiger charge is -2.15. The van der Waals surface area contributed by atoms with Gasteiger partial charge in [-0.15, -0.1) is 0 Å². The Hall–Kier alpha value is -0.260. The fraction of sp³-hybridized carbons (Fsp3) is 0.818. The summed E-state index contributed by atoms with van der Waals surface area (Å²) in [5, 5.41) is 0. The van der Waals surface area contributed by atoms with Gasteiger partial charge in [0.05, 0.1) is 0 Å². The predicted octanol–water partition coefficient (Wildman–Crippen LogP) is 4.02. The number of hydrogen-bond acceptors (Lipinski definition) is 0. The molecule has 0 N–H and O–H groups in total. The molecule has 11 heavy (non-hydrogen) atoms. The summed E-state index contributed by atoms with van der Waals surface area (Å²) < 4.78 is 0. The van der Waals surface area contributed by atoms with E-state index in [1.165, 1.54) is 18.4 Å². The van der Waals surface area contributed by atoms with E-state index < -0.39 is 0 Å². The standard InChI is InChI=1S/C11H22/c1-6-10(5)8-11(7-2)9(3)4/h8-9,11H,6-7H2,1-5H3/b10-8+. The molecule has 1 atom stereocenters. The van der Waals surface area contributed by atoms with Crippen molar-refractivity contribution in [2.45, 2.75) is 47.5 Å². The van der Waals surface area contributed by atoms with E-state index in [4.69, 9.17) is 0 Å². The Bertz CT molecular complexity index is 120. The van der Waals surface area contributed by atoms with Crippen molar-refractivity contribution in [3.63, 3.8) is 0 Å². The van der Waals surface area contributed by atoms with Gasteiger partial charge in [0.2, 0.25) is 0 Å². The minimum absolute atomic E-state index is 0.787. The first-order chi connectivity index (χ1) is 5.11. The van der Waals surface area contributed by atoms with Gasteiger partial charge < -0.3 is 0 Å². The third kappa shape index (κ3) is 4.23. The first-order valence-corrected chi connectivity index (χ1v) is 4.79. The molecule has 0 radical (unpaired) electrons. The van der Waals surface area contributed by atoms with E-state index in [0.717, 1.165) is 11.8 Å². The summed E-state index contributed by atoms with van der Waals surface area (Å²) in [6.45, 7) is 11.3. The van der Waals surface area contributed by atoms with Crippen LogP contribution in [0.3, 0.4) is 0 Å². The average molecular weight is 154 g/mol. The second kappa shape index (κ2) is 5.40. The summed E-state index contributed by atoms with van der Waals surface area (Å²) in [5.41, 5.74) is 1.53. The van der Waals surface area contributed by atoms with E-state index in [-0.39, 0.29) is 0 Å². The van der Waals surface area contributed by atoms with Crippen molar-refractivity contribution in [2.75, 3.05) is 0 Å². The zero-order valence-corrected chi connectivity index (χ0v) is 8.65. The van der Waals surface area contributed by atoms with Gasteiger partial charge in [-0.3, -0.25) is 0 Å². The molecule has 0 rings (SSSR count).